The van der Waals surface area contributed by atoms with Gasteiger partial charge >= 0.3 is 0 Å². The molecule has 0 aliphatic carbocycles. The first-order valence-corrected chi connectivity index (χ1v) is 5.96. The van der Waals surface area contributed by atoms with Crippen molar-refractivity contribution < 1.29 is 0 Å². The average Bonchev–Trinajstić information content (AvgIpc) is 2.87. The van der Waals surface area contributed by atoms with Gasteiger partial charge in [-0.2, -0.15) is 5.10 Å². The van der Waals surface area contributed by atoms with Crippen LogP contribution in [0.15, 0.2) is 30.6 Å². The molecule has 0 fully saturated rings. The second kappa shape index (κ2) is 5.09. The highest BCUT2D eigenvalue weighted by molar-refractivity contribution is 7.11. The maximum atomic E-state index is 4.19. The first-order valence-electron chi connectivity index (χ1n) is 5.14. The predicted molar refractivity (Wildman–Crippen MR) is 63.0 cm³/mol. The van der Waals surface area contributed by atoms with Crippen molar-refractivity contribution in [2.45, 2.75) is 20.0 Å². The Morgan fingerprint density at radius 3 is 3.00 bits per heavy atom. The molecule has 0 saturated carbocycles. The van der Waals surface area contributed by atoms with Crippen LogP contribution in [0.5, 0.6) is 0 Å². The molecule has 0 atom stereocenters. The second-order valence-corrected chi connectivity index (χ2v) is 4.60. The molecule has 2 heterocycles. The van der Waals surface area contributed by atoms with Crippen molar-refractivity contribution in [3.63, 3.8) is 0 Å². The molecule has 2 aromatic rings. The lowest BCUT2D eigenvalue weighted by molar-refractivity contribution is 0.695. The number of thiophene rings is 1. The van der Waals surface area contributed by atoms with E-state index < -0.39 is 0 Å². The highest BCUT2D eigenvalue weighted by Gasteiger charge is 2.00. The van der Waals surface area contributed by atoms with E-state index in [0.29, 0.717) is 0 Å². The van der Waals surface area contributed by atoms with Gasteiger partial charge in [-0.1, -0.05) is 6.92 Å². The Labute approximate surface area is 93.7 Å². The summed E-state index contributed by atoms with van der Waals surface area (Å²) < 4.78 is 1.95. The second-order valence-electron chi connectivity index (χ2n) is 3.35. The Hall–Kier alpha value is -1.13. The van der Waals surface area contributed by atoms with Crippen LogP contribution in [0, 0.1) is 0 Å². The molecule has 2 aromatic heterocycles. The van der Waals surface area contributed by atoms with Crippen molar-refractivity contribution in [3.05, 3.63) is 40.3 Å². The van der Waals surface area contributed by atoms with Gasteiger partial charge in [-0.15, -0.1) is 11.3 Å². The number of rotatable bonds is 5. The Bertz CT molecular complexity index is 392. The molecular formula is C11H15N3S. The number of nitrogens with one attached hydrogen (secondary N) is 1. The average molecular weight is 221 g/mol. The lowest BCUT2D eigenvalue weighted by atomic mass is 10.4. The highest BCUT2D eigenvalue weighted by atomic mass is 32.1. The Kier molecular flexibility index (Phi) is 3.53. The largest absolute Gasteiger partial charge is 0.312 e. The fourth-order valence-electron chi connectivity index (χ4n) is 1.40. The molecule has 0 unspecified atom stereocenters. The summed E-state index contributed by atoms with van der Waals surface area (Å²) in [6.45, 7) is 4.99. The fourth-order valence-corrected chi connectivity index (χ4v) is 2.38. The van der Waals surface area contributed by atoms with Crippen LogP contribution in [-0.2, 0) is 13.1 Å². The Morgan fingerprint density at radius 1 is 1.40 bits per heavy atom. The smallest absolute Gasteiger partial charge is 0.0752 e. The summed E-state index contributed by atoms with van der Waals surface area (Å²) in [5, 5.41) is 7.52. The third-order valence-corrected chi connectivity index (χ3v) is 3.21. The predicted octanol–water partition coefficient (Wildman–Crippen LogP) is 2.10. The molecule has 15 heavy (non-hydrogen) atoms. The van der Waals surface area contributed by atoms with E-state index in [-0.39, 0.29) is 0 Å². The van der Waals surface area contributed by atoms with Crippen LogP contribution in [-0.4, -0.2) is 16.3 Å². The number of hydrogen-bond donors (Lipinski definition) is 1. The SMILES string of the molecule is CCNCc1ccc(Cn2cccn2)s1. The van der Waals surface area contributed by atoms with Gasteiger partial charge in [-0.05, 0) is 24.7 Å². The van der Waals surface area contributed by atoms with Gasteiger partial charge in [0, 0.05) is 28.7 Å². The van der Waals surface area contributed by atoms with E-state index in [1.807, 2.05) is 34.5 Å². The van der Waals surface area contributed by atoms with Gasteiger partial charge in [-0.25, -0.2) is 0 Å². The third-order valence-electron chi connectivity index (χ3n) is 2.14. The van der Waals surface area contributed by atoms with Gasteiger partial charge < -0.3 is 5.32 Å². The maximum absolute atomic E-state index is 4.19. The van der Waals surface area contributed by atoms with Crippen LogP contribution >= 0.6 is 11.3 Å². The van der Waals surface area contributed by atoms with E-state index >= 15 is 0 Å². The summed E-state index contributed by atoms with van der Waals surface area (Å²) in [4.78, 5) is 2.74. The van der Waals surface area contributed by atoms with Gasteiger partial charge in [0.1, 0.15) is 0 Å². The molecule has 2 rings (SSSR count). The van der Waals surface area contributed by atoms with Crippen LogP contribution in [0.4, 0.5) is 0 Å². The highest BCUT2D eigenvalue weighted by Crippen LogP contribution is 2.17. The monoisotopic (exact) mass is 221 g/mol. The molecule has 80 valence electrons. The van der Waals surface area contributed by atoms with E-state index in [1.54, 1.807) is 0 Å². The van der Waals surface area contributed by atoms with Gasteiger partial charge in [0.15, 0.2) is 0 Å². The van der Waals surface area contributed by atoms with E-state index in [1.165, 1.54) is 9.75 Å². The lowest BCUT2D eigenvalue weighted by Gasteiger charge is -1.98. The molecule has 0 aromatic carbocycles. The standard InChI is InChI=1S/C11H15N3S/c1-2-12-8-10-4-5-11(15-10)9-14-7-3-6-13-14/h3-7,12H,2,8-9H2,1H3. The normalized spacial score (nSPS) is 10.7. The number of nitrogens with zero attached hydrogens (tertiary/aromatic N) is 2. The zero-order valence-electron chi connectivity index (χ0n) is 8.81. The number of aromatic nitrogens is 2. The van der Waals surface area contributed by atoms with Gasteiger partial charge in [-0.3, -0.25) is 4.68 Å². The van der Waals surface area contributed by atoms with E-state index in [9.17, 15) is 0 Å². The van der Waals surface area contributed by atoms with Crippen LogP contribution in [0.1, 0.15) is 16.7 Å². The minimum atomic E-state index is 0.879. The zero-order valence-corrected chi connectivity index (χ0v) is 9.63. The summed E-state index contributed by atoms with van der Waals surface area (Å²) in [5.74, 6) is 0. The fraction of sp³-hybridized carbons (Fsp3) is 0.364. The first-order chi connectivity index (χ1) is 7.38. The first kappa shape index (κ1) is 10.4. The van der Waals surface area contributed by atoms with Crippen molar-refractivity contribution in [2.24, 2.45) is 0 Å². The molecule has 4 heteroatoms. The van der Waals surface area contributed by atoms with Crippen molar-refractivity contribution in [1.82, 2.24) is 15.1 Å². The quantitative estimate of drug-likeness (QED) is 0.838. The topological polar surface area (TPSA) is 29.9 Å². The lowest BCUT2D eigenvalue weighted by Crippen LogP contribution is -2.10. The minimum Gasteiger partial charge on any atom is -0.312 e. The van der Waals surface area contributed by atoms with E-state index in [0.717, 1.165) is 19.6 Å². The van der Waals surface area contributed by atoms with Crippen molar-refractivity contribution >= 4 is 11.3 Å². The maximum Gasteiger partial charge on any atom is 0.0752 e. The molecule has 0 amide bonds. The molecular weight excluding hydrogens is 206 g/mol. The van der Waals surface area contributed by atoms with Crippen molar-refractivity contribution in [1.29, 1.82) is 0 Å². The van der Waals surface area contributed by atoms with E-state index in [2.05, 4.69) is 29.5 Å². The van der Waals surface area contributed by atoms with Crippen LogP contribution < -0.4 is 5.32 Å². The van der Waals surface area contributed by atoms with Crippen molar-refractivity contribution in [2.75, 3.05) is 6.54 Å². The third kappa shape index (κ3) is 2.91. The molecule has 0 aliphatic heterocycles. The molecule has 0 spiro atoms. The summed E-state index contributed by atoms with van der Waals surface area (Å²) in [7, 11) is 0. The van der Waals surface area contributed by atoms with Crippen LogP contribution in [0.2, 0.25) is 0 Å². The summed E-state index contributed by atoms with van der Waals surface area (Å²) in [5.41, 5.74) is 0. The number of hydrogen-bond acceptors (Lipinski definition) is 3. The van der Waals surface area contributed by atoms with E-state index in [4.69, 9.17) is 0 Å². The van der Waals surface area contributed by atoms with Gasteiger partial charge in [0.2, 0.25) is 0 Å². The molecule has 0 saturated heterocycles. The minimum absolute atomic E-state index is 0.879. The molecule has 1 N–H and O–H groups in total. The zero-order chi connectivity index (χ0) is 10.5. The van der Waals surface area contributed by atoms with Crippen LogP contribution in [0.3, 0.4) is 0 Å². The molecule has 0 bridgehead atoms. The summed E-state index contributed by atoms with van der Waals surface area (Å²) in [6.07, 6.45) is 3.80. The van der Waals surface area contributed by atoms with Gasteiger partial charge in [0.25, 0.3) is 0 Å². The molecule has 0 radical (unpaired) electrons. The molecule has 0 aliphatic rings. The van der Waals surface area contributed by atoms with Gasteiger partial charge in [0.05, 0.1) is 6.54 Å². The Morgan fingerprint density at radius 2 is 2.27 bits per heavy atom. The Balaban J connectivity index is 1.95. The molecule has 3 nitrogen and oxygen atoms in total. The van der Waals surface area contributed by atoms with Crippen molar-refractivity contribution in [3.8, 4) is 0 Å². The summed E-state index contributed by atoms with van der Waals surface area (Å²) in [6, 6.07) is 6.32. The van der Waals surface area contributed by atoms with Crippen LogP contribution in [0.25, 0.3) is 0 Å². The summed E-state index contributed by atoms with van der Waals surface area (Å²) >= 11 is 1.85.